The van der Waals surface area contributed by atoms with Gasteiger partial charge in [-0.15, -0.1) is 0 Å². The van der Waals surface area contributed by atoms with Crippen molar-refractivity contribution in [2.75, 3.05) is 19.8 Å². The summed E-state index contributed by atoms with van der Waals surface area (Å²) >= 11 is 0. The Morgan fingerprint density at radius 3 is 2.21 bits per heavy atom. The van der Waals surface area contributed by atoms with E-state index in [1.165, 1.54) is 0 Å². The summed E-state index contributed by atoms with van der Waals surface area (Å²) in [7, 11) is 0. The summed E-state index contributed by atoms with van der Waals surface area (Å²) in [5.41, 5.74) is -0.522. The Morgan fingerprint density at radius 2 is 1.86 bits per heavy atom. The molecule has 0 aliphatic carbocycles. The minimum Gasteiger partial charge on any atom is -0.465 e. The number of carbonyl (C=O) groups excluding carboxylic acids is 1. The Hall–Kier alpha value is -0.570. The van der Waals surface area contributed by atoms with Crippen molar-refractivity contribution in [2.45, 2.75) is 34.6 Å². The molecule has 3 nitrogen and oxygen atoms in total. The normalized spacial score (nSPS) is 15.3. The summed E-state index contributed by atoms with van der Waals surface area (Å²) in [6.45, 7) is 11.1. The standard InChI is InChI=1S/C11H22O3/c1-6-13-8-11(5,9(3)4)10(12)14-7-2/h9H,6-8H2,1-5H3. The highest BCUT2D eigenvalue weighted by Gasteiger charge is 2.38. The molecule has 0 aliphatic heterocycles. The molecule has 14 heavy (non-hydrogen) atoms. The van der Waals surface area contributed by atoms with Gasteiger partial charge in [0, 0.05) is 6.61 Å². The van der Waals surface area contributed by atoms with E-state index in [4.69, 9.17) is 9.47 Å². The quantitative estimate of drug-likeness (QED) is 0.620. The molecule has 0 spiro atoms. The summed E-state index contributed by atoms with van der Waals surface area (Å²) in [5, 5.41) is 0. The van der Waals surface area contributed by atoms with Crippen LogP contribution in [-0.4, -0.2) is 25.8 Å². The fourth-order valence-corrected chi connectivity index (χ4v) is 1.07. The fourth-order valence-electron chi connectivity index (χ4n) is 1.07. The maximum absolute atomic E-state index is 11.7. The number of hydrogen-bond acceptors (Lipinski definition) is 3. The Labute approximate surface area is 86.8 Å². The second kappa shape index (κ2) is 6.02. The zero-order chi connectivity index (χ0) is 11.2. The van der Waals surface area contributed by atoms with Gasteiger partial charge in [0.2, 0.25) is 0 Å². The van der Waals surface area contributed by atoms with E-state index in [1.807, 2.05) is 34.6 Å². The maximum atomic E-state index is 11.7. The van der Waals surface area contributed by atoms with Crippen molar-refractivity contribution in [1.82, 2.24) is 0 Å². The van der Waals surface area contributed by atoms with Crippen molar-refractivity contribution in [1.29, 1.82) is 0 Å². The second-order valence-corrected chi connectivity index (χ2v) is 3.93. The largest absolute Gasteiger partial charge is 0.465 e. The molecular weight excluding hydrogens is 180 g/mol. The average molecular weight is 202 g/mol. The topological polar surface area (TPSA) is 35.5 Å². The molecule has 0 amide bonds. The van der Waals surface area contributed by atoms with Crippen LogP contribution in [0.15, 0.2) is 0 Å². The Bertz CT molecular complexity index is 177. The van der Waals surface area contributed by atoms with Crippen LogP contribution in [0, 0.1) is 11.3 Å². The van der Waals surface area contributed by atoms with E-state index in [9.17, 15) is 4.79 Å². The van der Waals surface area contributed by atoms with E-state index < -0.39 is 5.41 Å². The SMILES string of the molecule is CCOCC(C)(C(=O)OCC)C(C)C. The van der Waals surface area contributed by atoms with Crippen LogP contribution < -0.4 is 0 Å². The lowest BCUT2D eigenvalue weighted by Crippen LogP contribution is -2.39. The van der Waals surface area contributed by atoms with Crippen molar-refractivity contribution < 1.29 is 14.3 Å². The van der Waals surface area contributed by atoms with E-state index in [-0.39, 0.29) is 11.9 Å². The van der Waals surface area contributed by atoms with E-state index in [0.717, 1.165) is 0 Å². The first kappa shape index (κ1) is 13.4. The number of ether oxygens (including phenoxy) is 2. The third kappa shape index (κ3) is 3.29. The Balaban J connectivity index is 4.45. The molecule has 0 N–H and O–H groups in total. The van der Waals surface area contributed by atoms with Gasteiger partial charge in [0.1, 0.15) is 0 Å². The minimum atomic E-state index is -0.522. The predicted octanol–water partition coefficient (Wildman–Crippen LogP) is 2.25. The molecule has 0 saturated carbocycles. The third-order valence-corrected chi connectivity index (χ3v) is 2.62. The van der Waals surface area contributed by atoms with Crippen LogP contribution >= 0.6 is 0 Å². The highest BCUT2D eigenvalue weighted by atomic mass is 16.5. The van der Waals surface area contributed by atoms with Gasteiger partial charge < -0.3 is 9.47 Å². The molecule has 0 bridgehead atoms. The molecule has 0 saturated heterocycles. The van der Waals surface area contributed by atoms with Crippen LogP contribution in [0.5, 0.6) is 0 Å². The predicted molar refractivity (Wildman–Crippen MR) is 56.1 cm³/mol. The van der Waals surface area contributed by atoms with Gasteiger partial charge in [0.15, 0.2) is 0 Å². The summed E-state index contributed by atoms with van der Waals surface area (Å²) in [4.78, 5) is 11.7. The molecule has 1 unspecified atom stereocenters. The molecule has 0 fully saturated rings. The first-order chi connectivity index (χ1) is 6.49. The van der Waals surface area contributed by atoms with Crippen molar-refractivity contribution in [2.24, 2.45) is 11.3 Å². The maximum Gasteiger partial charge on any atom is 0.314 e. The van der Waals surface area contributed by atoms with Crippen LogP contribution in [0.2, 0.25) is 0 Å². The molecular formula is C11H22O3. The van der Waals surface area contributed by atoms with Gasteiger partial charge in [0.25, 0.3) is 0 Å². The van der Waals surface area contributed by atoms with Crippen LogP contribution in [-0.2, 0) is 14.3 Å². The Morgan fingerprint density at radius 1 is 1.29 bits per heavy atom. The van der Waals surface area contributed by atoms with Gasteiger partial charge in [-0.25, -0.2) is 0 Å². The summed E-state index contributed by atoms with van der Waals surface area (Å²) in [6, 6.07) is 0. The monoisotopic (exact) mass is 202 g/mol. The van der Waals surface area contributed by atoms with Gasteiger partial charge in [-0.2, -0.15) is 0 Å². The lowest BCUT2D eigenvalue weighted by molar-refractivity contribution is -0.161. The molecule has 1 atom stereocenters. The molecule has 0 aromatic heterocycles. The molecule has 0 aromatic carbocycles. The molecule has 0 radical (unpaired) electrons. The van der Waals surface area contributed by atoms with Gasteiger partial charge in [-0.05, 0) is 26.7 Å². The number of hydrogen-bond donors (Lipinski definition) is 0. The molecule has 84 valence electrons. The van der Waals surface area contributed by atoms with E-state index in [0.29, 0.717) is 19.8 Å². The minimum absolute atomic E-state index is 0.163. The van der Waals surface area contributed by atoms with Crippen LogP contribution in [0.1, 0.15) is 34.6 Å². The zero-order valence-corrected chi connectivity index (χ0v) is 9.92. The molecule has 0 aliphatic rings. The van der Waals surface area contributed by atoms with Crippen molar-refractivity contribution in [3.8, 4) is 0 Å². The first-order valence-corrected chi connectivity index (χ1v) is 5.24. The smallest absolute Gasteiger partial charge is 0.314 e. The lowest BCUT2D eigenvalue weighted by Gasteiger charge is -2.30. The molecule has 0 rings (SSSR count). The number of carbonyl (C=O) groups is 1. The van der Waals surface area contributed by atoms with Crippen molar-refractivity contribution >= 4 is 5.97 Å². The number of rotatable bonds is 6. The van der Waals surface area contributed by atoms with Gasteiger partial charge in [0.05, 0.1) is 18.6 Å². The van der Waals surface area contributed by atoms with Crippen LogP contribution in [0.4, 0.5) is 0 Å². The van der Waals surface area contributed by atoms with Gasteiger partial charge >= 0.3 is 5.97 Å². The Kier molecular flexibility index (Phi) is 5.77. The van der Waals surface area contributed by atoms with E-state index >= 15 is 0 Å². The fraction of sp³-hybridized carbons (Fsp3) is 0.909. The zero-order valence-electron chi connectivity index (χ0n) is 9.92. The summed E-state index contributed by atoms with van der Waals surface area (Å²) in [6.07, 6.45) is 0. The number of esters is 1. The van der Waals surface area contributed by atoms with Gasteiger partial charge in [-0.3, -0.25) is 4.79 Å². The van der Waals surface area contributed by atoms with Crippen molar-refractivity contribution in [3.05, 3.63) is 0 Å². The second-order valence-electron chi connectivity index (χ2n) is 3.93. The van der Waals surface area contributed by atoms with E-state index in [2.05, 4.69) is 0 Å². The summed E-state index contributed by atoms with van der Waals surface area (Å²) in [5.74, 6) is 0.0524. The summed E-state index contributed by atoms with van der Waals surface area (Å²) < 4.78 is 10.4. The molecule has 0 aromatic rings. The highest BCUT2D eigenvalue weighted by molar-refractivity contribution is 5.76. The third-order valence-electron chi connectivity index (χ3n) is 2.62. The first-order valence-electron chi connectivity index (χ1n) is 5.24. The molecule has 0 heterocycles. The van der Waals surface area contributed by atoms with Crippen LogP contribution in [0.3, 0.4) is 0 Å². The average Bonchev–Trinajstić information content (AvgIpc) is 2.14. The van der Waals surface area contributed by atoms with Gasteiger partial charge in [-0.1, -0.05) is 13.8 Å². The highest BCUT2D eigenvalue weighted by Crippen LogP contribution is 2.29. The van der Waals surface area contributed by atoms with Crippen molar-refractivity contribution in [3.63, 3.8) is 0 Å². The lowest BCUT2D eigenvalue weighted by atomic mass is 9.80. The molecule has 3 heteroatoms. The van der Waals surface area contributed by atoms with Crippen LogP contribution in [0.25, 0.3) is 0 Å². The van der Waals surface area contributed by atoms with E-state index in [1.54, 1.807) is 0 Å².